The average Bonchev–Trinajstić information content (AvgIpc) is 3.16. The van der Waals surface area contributed by atoms with E-state index in [0.29, 0.717) is 22.5 Å². The van der Waals surface area contributed by atoms with E-state index in [1.165, 1.54) is 29.8 Å². The van der Waals surface area contributed by atoms with Gasteiger partial charge in [0.05, 0.1) is 13.2 Å². The van der Waals surface area contributed by atoms with Gasteiger partial charge in [0.25, 0.3) is 5.91 Å². The molecule has 0 radical (unpaired) electrons. The summed E-state index contributed by atoms with van der Waals surface area (Å²) < 4.78 is 48.5. The number of methoxy groups -OCH3 is 1. The van der Waals surface area contributed by atoms with E-state index in [2.05, 4.69) is 25.1 Å². The minimum Gasteiger partial charge on any atom is -0.480 e. The lowest BCUT2D eigenvalue weighted by Crippen LogP contribution is -2.27. The molecule has 0 fully saturated rings. The molecule has 3 aromatic heterocycles. The molecule has 0 aliphatic carbocycles. The van der Waals surface area contributed by atoms with Gasteiger partial charge in [-0.1, -0.05) is 12.1 Å². The molecule has 1 amide bonds. The molecule has 1 unspecified atom stereocenters. The minimum absolute atomic E-state index is 0.109. The second-order valence-electron chi connectivity index (χ2n) is 7.68. The topological polar surface area (TPSA) is 117 Å². The lowest BCUT2D eigenvalue weighted by Gasteiger charge is -2.18. The van der Waals surface area contributed by atoms with Gasteiger partial charge in [0.15, 0.2) is 5.65 Å². The van der Waals surface area contributed by atoms with Gasteiger partial charge in [0, 0.05) is 17.5 Å². The first-order valence-electron chi connectivity index (χ1n) is 10.4. The monoisotopic (exact) mass is 486 g/mol. The van der Waals surface area contributed by atoms with Crippen LogP contribution in [-0.2, 0) is 0 Å². The smallest absolute Gasteiger partial charge is 0.480 e. The second kappa shape index (κ2) is 9.12. The van der Waals surface area contributed by atoms with Crippen LogP contribution in [0.25, 0.3) is 16.8 Å². The summed E-state index contributed by atoms with van der Waals surface area (Å²) in [6.07, 6.45) is -3.13. The van der Waals surface area contributed by atoms with Crippen LogP contribution in [0.3, 0.4) is 0 Å². The zero-order valence-corrected chi connectivity index (χ0v) is 18.9. The fourth-order valence-electron chi connectivity index (χ4n) is 3.60. The first-order valence-corrected chi connectivity index (χ1v) is 10.4. The zero-order valence-electron chi connectivity index (χ0n) is 18.9. The summed E-state index contributed by atoms with van der Waals surface area (Å²) in [6.45, 7) is 3.42. The van der Waals surface area contributed by atoms with Crippen molar-refractivity contribution in [2.24, 2.45) is 0 Å². The van der Waals surface area contributed by atoms with Crippen LogP contribution in [0.5, 0.6) is 11.6 Å². The highest BCUT2D eigenvalue weighted by Crippen LogP contribution is 2.30. The van der Waals surface area contributed by atoms with Crippen LogP contribution < -0.4 is 20.5 Å². The molecule has 0 saturated heterocycles. The molecule has 0 bridgehead atoms. The van der Waals surface area contributed by atoms with E-state index in [1.54, 1.807) is 44.3 Å². The van der Waals surface area contributed by atoms with Crippen molar-refractivity contribution in [2.45, 2.75) is 26.3 Å². The Morgan fingerprint density at radius 1 is 1.17 bits per heavy atom. The summed E-state index contributed by atoms with van der Waals surface area (Å²) in [5, 5.41) is 6.81. The van der Waals surface area contributed by atoms with E-state index in [1.807, 2.05) is 0 Å². The predicted molar refractivity (Wildman–Crippen MR) is 121 cm³/mol. The number of anilines is 1. The van der Waals surface area contributed by atoms with Gasteiger partial charge < -0.3 is 20.5 Å². The van der Waals surface area contributed by atoms with Crippen LogP contribution in [-0.4, -0.2) is 39.0 Å². The Morgan fingerprint density at radius 3 is 2.66 bits per heavy atom. The third-order valence-electron chi connectivity index (χ3n) is 5.22. The third kappa shape index (κ3) is 5.26. The number of benzene rings is 1. The number of pyridine rings is 2. The van der Waals surface area contributed by atoms with Gasteiger partial charge in [-0.05, 0) is 55.3 Å². The molecule has 1 atom stereocenters. The van der Waals surface area contributed by atoms with E-state index in [4.69, 9.17) is 10.5 Å². The number of amides is 1. The van der Waals surface area contributed by atoms with Crippen molar-refractivity contribution in [3.63, 3.8) is 0 Å². The normalized spacial score (nSPS) is 12.4. The molecule has 3 N–H and O–H groups in total. The number of ether oxygens (including phenoxy) is 2. The molecule has 35 heavy (non-hydrogen) atoms. The largest absolute Gasteiger partial charge is 0.573 e. The highest BCUT2D eigenvalue weighted by molar-refractivity contribution is 5.98. The number of nitrogens with two attached hydrogens (primary N) is 1. The number of fused-ring (bicyclic) bond motifs is 1. The number of carbonyl (C=O) groups excluding carboxylic acids is 1. The Bertz CT molecular complexity index is 1400. The molecule has 9 nitrogen and oxygen atoms in total. The van der Waals surface area contributed by atoms with E-state index in [-0.39, 0.29) is 23.1 Å². The number of halogens is 3. The quantitative estimate of drug-likeness (QED) is 0.422. The van der Waals surface area contributed by atoms with Crippen molar-refractivity contribution in [1.29, 1.82) is 0 Å². The number of nitrogen functional groups attached to an aromatic ring is 1. The Balaban J connectivity index is 1.63. The third-order valence-corrected chi connectivity index (χ3v) is 5.22. The Labute approximate surface area is 197 Å². The molecule has 1 aromatic carbocycles. The van der Waals surface area contributed by atoms with Crippen LogP contribution in [0, 0.1) is 6.92 Å². The summed E-state index contributed by atoms with van der Waals surface area (Å²) in [7, 11) is 1.39. The number of nitrogens with one attached hydrogen (secondary N) is 1. The van der Waals surface area contributed by atoms with Crippen molar-refractivity contribution < 1.29 is 27.4 Å². The molecule has 182 valence electrons. The van der Waals surface area contributed by atoms with E-state index < -0.39 is 18.3 Å². The second-order valence-corrected chi connectivity index (χ2v) is 7.68. The molecule has 0 aliphatic rings. The number of alkyl halides is 3. The van der Waals surface area contributed by atoms with Gasteiger partial charge >= 0.3 is 6.36 Å². The molecule has 3 heterocycles. The van der Waals surface area contributed by atoms with Gasteiger partial charge in [0.1, 0.15) is 11.3 Å². The van der Waals surface area contributed by atoms with Crippen LogP contribution >= 0.6 is 0 Å². The molecule has 12 heteroatoms. The van der Waals surface area contributed by atoms with Gasteiger partial charge in [-0.15, -0.1) is 18.3 Å². The molecule has 0 saturated carbocycles. The van der Waals surface area contributed by atoms with Crippen molar-refractivity contribution in [1.82, 2.24) is 24.9 Å². The molecule has 0 aliphatic heterocycles. The van der Waals surface area contributed by atoms with Crippen molar-refractivity contribution in [3.05, 3.63) is 65.5 Å². The SMILES string of the molecule is COc1nc(C)c(-c2ccn3nc(N)nc3c2)cc1C(=O)NC(C)c1cccc(OC(F)(F)F)c1. The van der Waals surface area contributed by atoms with E-state index in [9.17, 15) is 18.0 Å². The number of aromatic nitrogens is 4. The van der Waals surface area contributed by atoms with Crippen molar-refractivity contribution in [2.75, 3.05) is 12.8 Å². The molecule has 4 aromatic rings. The summed E-state index contributed by atoms with van der Waals surface area (Å²) in [6, 6.07) is 9.95. The number of hydrogen-bond donors (Lipinski definition) is 2. The lowest BCUT2D eigenvalue weighted by atomic mass is 10.0. The Kier molecular flexibility index (Phi) is 6.20. The number of nitrogens with zero attached hydrogens (tertiary/aromatic N) is 4. The van der Waals surface area contributed by atoms with E-state index >= 15 is 0 Å². The molecule has 4 rings (SSSR count). The summed E-state index contributed by atoms with van der Waals surface area (Å²) in [5.74, 6) is -0.654. The zero-order chi connectivity index (χ0) is 25.3. The Hall–Kier alpha value is -4.35. The summed E-state index contributed by atoms with van der Waals surface area (Å²) in [4.78, 5) is 21.7. The Morgan fingerprint density at radius 2 is 1.94 bits per heavy atom. The first-order chi connectivity index (χ1) is 16.5. The number of aryl methyl sites for hydroxylation is 1. The fourth-order valence-corrected chi connectivity index (χ4v) is 3.60. The average molecular weight is 486 g/mol. The van der Waals surface area contributed by atoms with Gasteiger partial charge in [0.2, 0.25) is 11.8 Å². The molecular weight excluding hydrogens is 465 g/mol. The molecular formula is C23H21F3N6O3. The first kappa shape index (κ1) is 23.8. The minimum atomic E-state index is -4.82. The fraction of sp³-hybridized carbons (Fsp3) is 0.217. The van der Waals surface area contributed by atoms with Crippen molar-refractivity contribution in [3.8, 4) is 22.8 Å². The predicted octanol–water partition coefficient (Wildman–Crippen LogP) is 4.08. The maximum absolute atomic E-state index is 13.1. The maximum Gasteiger partial charge on any atom is 0.573 e. The standard InChI is InChI=1S/C23H21F3N6O3/c1-12(14-5-4-6-16(9-14)35-23(24,25)26)28-20(33)18-11-17(13(2)29-21(18)34-3)15-7-8-32-19(10-15)30-22(27)31-32/h4-12H,1-3H3,(H2,27,31)(H,28,33). The van der Waals surface area contributed by atoms with Crippen LogP contribution in [0.4, 0.5) is 19.1 Å². The van der Waals surface area contributed by atoms with Crippen LogP contribution in [0.1, 0.15) is 34.6 Å². The summed E-state index contributed by atoms with van der Waals surface area (Å²) >= 11 is 0. The van der Waals surface area contributed by atoms with Gasteiger partial charge in [-0.2, -0.15) is 4.98 Å². The number of hydrogen-bond acceptors (Lipinski definition) is 7. The number of rotatable bonds is 6. The van der Waals surface area contributed by atoms with E-state index in [0.717, 1.165) is 5.56 Å². The van der Waals surface area contributed by atoms with Gasteiger partial charge in [-0.3, -0.25) is 4.79 Å². The van der Waals surface area contributed by atoms with Gasteiger partial charge in [-0.25, -0.2) is 9.50 Å². The highest BCUT2D eigenvalue weighted by atomic mass is 19.4. The maximum atomic E-state index is 13.1. The number of carbonyl (C=O) groups is 1. The lowest BCUT2D eigenvalue weighted by molar-refractivity contribution is -0.274. The van der Waals surface area contributed by atoms with Crippen LogP contribution in [0.15, 0.2) is 48.7 Å². The molecule has 0 spiro atoms. The highest BCUT2D eigenvalue weighted by Gasteiger charge is 2.31. The van der Waals surface area contributed by atoms with Crippen LogP contribution in [0.2, 0.25) is 0 Å². The summed E-state index contributed by atoms with van der Waals surface area (Å²) in [5.41, 5.74) is 8.77. The van der Waals surface area contributed by atoms with Crippen molar-refractivity contribution >= 4 is 17.5 Å².